The molecule has 1 heterocycles. The number of unbranched alkanes of at least 4 members (excludes halogenated alkanes) is 3. The molecule has 1 saturated carbocycles. The highest BCUT2D eigenvalue weighted by molar-refractivity contribution is 7.80. The zero-order chi connectivity index (χ0) is 42.5. The van der Waals surface area contributed by atoms with Gasteiger partial charge in [-0.1, -0.05) is 25.7 Å². The molecule has 2 rings (SSSR count). The minimum Gasteiger partial charge on any atom is -0.480 e. The number of aliphatic carboxylic acids is 1. The molecule has 20 heteroatoms. The second-order valence-electron chi connectivity index (χ2n) is 15.3. The summed E-state index contributed by atoms with van der Waals surface area (Å²) in [6, 6.07) is -4.81. The first kappa shape index (κ1) is 49.1. The molecular weight excluding hydrogens is 757 g/mol. The monoisotopic (exact) mass is 825 g/mol. The molecule has 4 amide bonds. The number of amidine groups is 1. The fourth-order valence-corrected chi connectivity index (χ4v) is 7.78. The van der Waals surface area contributed by atoms with Crippen molar-refractivity contribution in [2.24, 2.45) is 51.2 Å². The van der Waals surface area contributed by atoms with Crippen molar-refractivity contribution >= 4 is 59.8 Å². The van der Waals surface area contributed by atoms with Gasteiger partial charge >= 0.3 is 5.97 Å². The first-order valence-corrected chi connectivity index (χ1v) is 20.9. The number of amides is 4. The van der Waals surface area contributed by atoms with Crippen LogP contribution in [0.1, 0.15) is 109 Å². The van der Waals surface area contributed by atoms with Crippen LogP contribution in [-0.2, 0) is 28.8 Å². The Bertz CT molecular complexity index is 1380. The summed E-state index contributed by atoms with van der Waals surface area (Å²) in [6.45, 7) is 0.617. The van der Waals surface area contributed by atoms with Crippen LogP contribution in [0.25, 0.3) is 0 Å². The number of thiol groups is 1. The van der Waals surface area contributed by atoms with Crippen LogP contribution in [0.3, 0.4) is 0 Å². The summed E-state index contributed by atoms with van der Waals surface area (Å²) in [7, 11) is 0. The second kappa shape index (κ2) is 26.1. The molecule has 2 unspecified atom stereocenters. The van der Waals surface area contributed by atoms with Gasteiger partial charge in [0.2, 0.25) is 23.6 Å². The first-order valence-electron chi connectivity index (χ1n) is 20.3. The van der Waals surface area contributed by atoms with Crippen molar-refractivity contribution in [2.75, 3.05) is 25.4 Å². The Balaban J connectivity index is 1.99. The smallest absolute Gasteiger partial charge is 0.326 e. The van der Waals surface area contributed by atoms with Crippen LogP contribution in [0, 0.1) is 17.2 Å². The molecule has 0 spiro atoms. The van der Waals surface area contributed by atoms with E-state index >= 15 is 0 Å². The lowest BCUT2D eigenvalue weighted by Crippen LogP contribution is -2.54. The highest BCUT2D eigenvalue weighted by Gasteiger charge is 2.49. The highest BCUT2D eigenvalue weighted by atomic mass is 32.1. The molecule has 0 bridgehead atoms. The predicted molar refractivity (Wildman–Crippen MR) is 221 cm³/mol. The van der Waals surface area contributed by atoms with Crippen molar-refractivity contribution in [1.82, 2.24) is 20.9 Å². The van der Waals surface area contributed by atoms with Crippen molar-refractivity contribution in [1.29, 1.82) is 5.41 Å². The maximum Gasteiger partial charge on any atom is 0.326 e. The Morgan fingerprint density at radius 3 is 2.18 bits per heavy atom. The topological polar surface area (TPSA) is 354 Å². The lowest BCUT2D eigenvalue weighted by molar-refractivity contribution is -0.147. The van der Waals surface area contributed by atoms with E-state index in [4.69, 9.17) is 39.8 Å². The van der Waals surface area contributed by atoms with Crippen LogP contribution in [0.5, 0.6) is 0 Å². The number of likely N-dealkylation sites (tertiary alicyclic amines) is 1. The van der Waals surface area contributed by atoms with E-state index in [2.05, 4.69) is 33.6 Å². The van der Waals surface area contributed by atoms with Crippen molar-refractivity contribution in [3.63, 3.8) is 0 Å². The van der Waals surface area contributed by atoms with Crippen molar-refractivity contribution in [2.45, 2.75) is 145 Å². The summed E-state index contributed by atoms with van der Waals surface area (Å²) in [5.41, 5.74) is 34.1. The number of fused-ring (bicyclic) bond motifs is 1. The fourth-order valence-electron chi connectivity index (χ4n) is 7.62. The van der Waals surface area contributed by atoms with E-state index in [-0.39, 0.29) is 86.0 Å². The number of nitrogens with one attached hydrogen (secondary N) is 4. The van der Waals surface area contributed by atoms with Gasteiger partial charge in [0.25, 0.3) is 0 Å². The van der Waals surface area contributed by atoms with Crippen LogP contribution in [0.4, 0.5) is 0 Å². The molecule has 1 aliphatic carbocycles. The fraction of sp³-hybridized carbons (Fsp3) is 0.784. The van der Waals surface area contributed by atoms with Crippen molar-refractivity contribution in [3.05, 3.63) is 0 Å². The molecule has 324 valence electrons. The number of rotatable bonds is 28. The number of ketones is 1. The van der Waals surface area contributed by atoms with Gasteiger partial charge in [0, 0.05) is 43.6 Å². The molecule has 19 nitrogen and oxygen atoms in total. The lowest BCUT2D eigenvalue weighted by atomic mass is 9.84. The zero-order valence-corrected chi connectivity index (χ0v) is 34.1. The molecule has 2 aliphatic rings. The summed E-state index contributed by atoms with van der Waals surface area (Å²) in [5, 5.41) is 25.3. The summed E-state index contributed by atoms with van der Waals surface area (Å²) < 4.78 is 0. The highest BCUT2D eigenvalue weighted by Crippen LogP contribution is 2.41. The van der Waals surface area contributed by atoms with E-state index in [1.165, 1.54) is 0 Å². The van der Waals surface area contributed by atoms with Gasteiger partial charge in [-0.25, -0.2) is 4.79 Å². The molecule has 0 radical (unpaired) electrons. The lowest BCUT2D eigenvalue weighted by Gasteiger charge is -2.36. The maximum atomic E-state index is 14.3. The van der Waals surface area contributed by atoms with E-state index < -0.39 is 53.9 Å². The predicted octanol–water partition coefficient (Wildman–Crippen LogP) is -1.06. The summed E-state index contributed by atoms with van der Waals surface area (Å²) >= 11 is 4.06. The van der Waals surface area contributed by atoms with Gasteiger partial charge in [-0.05, 0) is 83.1 Å². The standard InChI is InChI=1S/C37H68N12O7S/c38-16-15-23(35(54)49-28-13-5-4-9-22(28)19-29(49)34(53)48-27(36(55)56)12-8-18-46-37(43)44)20-30(50)24(39)10-6-7-17-45-33(52)26(47-32(51)25(40)21-57)11-2-1-3-14-31(41)42/h22-29,57H,1-21,38-40H2,(H3,41,42)(H,45,52)(H,47,51)(H,48,53)(H,55,56)(H4,43,44,46)/t22?,23-,24+,25+,26+,27+,28?,29+/m1/s1. The Morgan fingerprint density at radius 1 is 0.842 bits per heavy atom. The Kier molecular flexibility index (Phi) is 22.5. The molecule has 0 aromatic heterocycles. The maximum absolute atomic E-state index is 14.3. The molecule has 1 saturated heterocycles. The average Bonchev–Trinajstić information content (AvgIpc) is 3.56. The molecular formula is C37H68N12O7S. The van der Waals surface area contributed by atoms with Crippen molar-refractivity contribution < 1.29 is 33.9 Å². The van der Waals surface area contributed by atoms with Gasteiger partial charge in [0.1, 0.15) is 23.9 Å². The van der Waals surface area contributed by atoms with E-state index in [1.54, 1.807) is 4.90 Å². The number of hydrogen-bond donors (Lipinski definition) is 12. The number of Topliss-reactive ketones (excluding diaryl/α,β-unsaturated/α-hetero) is 1. The number of aliphatic imine (C=N–C) groups is 1. The number of carbonyl (C=O) groups is 6. The molecule has 57 heavy (non-hydrogen) atoms. The van der Waals surface area contributed by atoms with Gasteiger partial charge in [0.05, 0.1) is 17.9 Å². The SMILES string of the molecule is N=C(N)CCCCC[C@H](NC(=O)[C@@H](N)CS)C(=O)NCCCC[C@H](N)C(=O)C[C@@H](CCN)C(=O)N1C2CCCCC2C[C@H]1C(=O)N[C@@H](CCCN=C(N)N)C(=O)O. The summed E-state index contributed by atoms with van der Waals surface area (Å²) in [6.07, 6.45) is 8.49. The van der Waals surface area contributed by atoms with Gasteiger partial charge in [0.15, 0.2) is 5.96 Å². The molecule has 0 aromatic rings. The number of nitrogens with zero attached hydrogens (tertiary/aromatic N) is 2. The van der Waals surface area contributed by atoms with Crippen LogP contribution >= 0.6 is 12.6 Å². The number of carboxylic acid groups (broad SMARTS) is 1. The van der Waals surface area contributed by atoms with Crippen LogP contribution in [0.15, 0.2) is 4.99 Å². The van der Waals surface area contributed by atoms with Crippen LogP contribution in [-0.4, -0.2) is 119 Å². The average molecular weight is 825 g/mol. The minimum atomic E-state index is -1.21. The Labute approximate surface area is 341 Å². The summed E-state index contributed by atoms with van der Waals surface area (Å²) in [4.78, 5) is 84.3. The van der Waals surface area contributed by atoms with Gasteiger partial charge in [-0.2, -0.15) is 12.6 Å². The van der Waals surface area contributed by atoms with Crippen LogP contribution < -0.4 is 50.4 Å². The number of carbonyl (C=O) groups excluding carboxylic acids is 5. The number of hydrogen-bond acceptors (Lipinski definition) is 12. The minimum absolute atomic E-state index is 0.0791. The quantitative estimate of drug-likeness (QED) is 0.0194. The molecule has 0 aromatic carbocycles. The molecule has 1 aliphatic heterocycles. The largest absolute Gasteiger partial charge is 0.480 e. The van der Waals surface area contributed by atoms with Crippen molar-refractivity contribution in [3.8, 4) is 0 Å². The number of guanidine groups is 1. The van der Waals surface area contributed by atoms with E-state index in [1.807, 2.05) is 0 Å². The third kappa shape index (κ3) is 17.2. The summed E-state index contributed by atoms with van der Waals surface area (Å²) in [5.74, 6) is -3.88. The van der Waals surface area contributed by atoms with Gasteiger partial charge < -0.3 is 60.4 Å². The normalized spacial score (nSPS) is 20.2. The van der Waals surface area contributed by atoms with E-state index in [0.29, 0.717) is 64.2 Å². The van der Waals surface area contributed by atoms with E-state index in [0.717, 1.165) is 25.7 Å². The number of nitrogens with two attached hydrogens (primary N) is 6. The second-order valence-corrected chi connectivity index (χ2v) is 15.6. The Morgan fingerprint density at radius 2 is 1.53 bits per heavy atom. The third-order valence-electron chi connectivity index (χ3n) is 10.8. The zero-order valence-electron chi connectivity index (χ0n) is 33.2. The Hall–Kier alpha value is -4.01. The number of carboxylic acids is 1. The third-order valence-corrected chi connectivity index (χ3v) is 11.2. The van der Waals surface area contributed by atoms with Crippen LogP contribution in [0.2, 0.25) is 0 Å². The molecule has 17 N–H and O–H groups in total. The molecule has 2 fully saturated rings. The van der Waals surface area contributed by atoms with Gasteiger partial charge in [-0.3, -0.25) is 34.4 Å². The molecule has 8 atom stereocenters. The first-order chi connectivity index (χ1) is 27.1. The van der Waals surface area contributed by atoms with Gasteiger partial charge in [-0.15, -0.1) is 0 Å². The van der Waals surface area contributed by atoms with E-state index in [9.17, 15) is 33.9 Å².